The second kappa shape index (κ2) is 13.4. The van der Waals surface area contributed by atoms with Crippen LogP contribution in [0.15, 0.2) is 60.8 Å². The molecule has 14 heteroatoms. The van der Waals surface area contributed by atoms with E-state index in [1.807, 2.05) is 0 Å². The van der Waals surface area contributed by atoms with Crippen molar-refractivity contribution in [2.45, 2.75) is 70.1 Å². The number of nitrogens with one attached hydrogen (secondary N) is 2. The van der Waals surface area contributed by atoms with E-state index in [1.54, 1.807) is 39.0 Å². The summed E-state index contributed by atoms with van der Waals surface area (Å²) in [4.78, 5) is 18.2. The molecule has 244 valence electrons. The van der Waals surface area contributed by atoms with Gasteiger partial charge in [-0.15, -0.1) is 0 Å². The number of benzene rings is 2. The van der Waals surface area contributed by atoms with Crippen LogP contribution in [0.5, 0.6) is 5.75 Å². The summed E-state index contributed by atoms with van der Waals surface area (Å²) in [7, 11) is 0. The van der Waals surface area contributed by atoms with Crippen molar-refractivity contribution >= 4 is 17.6 Å². The Balaban J connectivity index is 1.55. The number of aromatic nitrogens is 1. The Morgan fingerprint density at radius 3 is 2.47 bits per heavy atom. The fraction of sp³-hybridized carbons (Fsp3) is 0.419. The minimum Gasteiger partial charge on any atom is -0.491 e. The number of pyridine rings is 1. The smallest absolute Gasteiger partial charge is 0.458 e. The Morgan fingerprint density at radius 2 is 1.80 bits per heavy atom. The van der Waals surface area contributed by atoms with Crippen molar-refractivity contribution < 1.29 is 45.7 Å². The summed E-state index contributed by atoms with van der Waals surface area (Å²) in [5, 5.41) is 16.7. The number of aliphatic hydroxyl groups excluding tert-OH is 1. The fourth-order valence-electron chi connectivity index (χ4n) is 4.71. The van der Waals surface area contributed by atoms with Crippen LogP contribution in [0.2, 0.25) is 0 Å². The number of hydrogen-bond acceptors (Lipinski definition) is 7. The lowest BCUT2D eigenvalue weighted by Gasteiger charge is -2.29. The molecule has 2 aromatic carbocycles. The molecule has 4 rings (SSSR count). The number of anilines is 2. The normalized spacial score (nSPS) is 16.3. The van der Waals surface area contributed by atoms with Gasteiger partial charge in [0.15, 0.2) is 6.23 Å². The number of halogens is 6. The van der Waals surface area contributed by atoms with Crippen molar-refractivity contribution in [3.63, 3.8) is 0 Å². The molecule has 45 heavy (non-hydrogen) atoms. The minimum atomic E-state index is -5.91. The third-order valence-corrected chi connectivity index (χ3v) is 6.92. The summed E-state index contributed by atoms with van der Waals surface area (Å²) in [5.41, 5.74) is -1.27. The maximum absolute atomic E-state index is 14.6. The number of nitrogens with zero attached hydrogens (tertiary/aromatic N) is 2. The van der Waals surface area contributed by atoms with Crippen molar-refractivity contribution in [2.24, 2.45) is 0 Å². The van der Waals surface area contributed by atoms with E-state index >= 15 is 0 Å². The first-order chi connectivity index (χ1) is 21.0. The van der Waals surface area contributed by atoms with Gasteiger partial charge >= 0.3 is 18.2 Å². The van der Waals surface area contributed by atoms with Crippen LogP contribution in [0.3, 0.4) is 0 Å². The molecule has 1 amide bonds. The highest BCUT2D eigenvalue weighted by Gasteiger charge is 2.60. The highest BCUT2D eigenvalue weighted by molar-refractivity contribution is 5.69. The number of alkyl halides is 5. The van der Waals surface area contributed by atoms with E-state index in [4.69, 9.17) is 9.47 Å². The van der Waals surface area contributed by atoms with Gasteiger partial charge in [-0.3, -0.25) is 0 Å². The molecule has 2 heterocycles. The highest BCUT2D eigenvalue weighted by atomic mass is 19.4. The van der Waals surface area contributed by atoms with Crippen molar-refractivity contribution in [3.8, 4) is 5.75 Å². The van der Waals surface area contributed by atoms with Crippen LogP contribution in [0.1, 0.15) is 56.5 Å². The molecule has 3 N–H and O–H groups in total. The van der Waals surface area contributed by atoms with E-state index in [9.17, 15) is 36.2 Å². The monoisotopic (exact) mass is 640 g/mol. The van der Waals surface area contributed by atoms with Crippen molar-refractivity contribution in [1.29, 1.82) is 0 Å². The molecule has 1 aliphatic rings. The standard InChI is InChI=1S/C31H34F6N4O4/c1-29(2,3)45-28(43)41-15-5-6-22(41)18-44-25-16-21(12-13-24(25)30(33,34)31(35,36)37)40-27(42)23-7-4-14-38-26(23)39-17-19-8-10-20(32)11-9-19/h4,7-14,16,22,27,40,42H,5-6,15,17-18H2,1-3H3,(H,38,39)/t22-,27?/m1/s1. The molecule has 1 saturated heterocycles. The first-order valence-electron chi connectivity index (χ1n) is 14.1. The van der Waals surface area contributed by atoms with Crippen LogP contribution >= 0.6 is 0 Å². The lowest BCUT2D eigenvalue weighted by atomic mass is 10.1. The predicted octanol–water partition coefficient (Wildman–Crippen LogP) is 7.37. The Kier molecular flexibility index (Phi) is 10.1. The van der Waals surface area contributed by atoms with Crippen LogP contribution in [-0.2, 0) is 17.2 Å². The number of rotatable bonds is 10. The predicted molar refractivity (Wildman–Crippen MR) is 154 cm³/mol. The van der Waals surface area contributed by atoms with Crippen LogP contribution < -0.4 is 15.4 Å². The number of carbonyl (C=O) groups is 1. The maximum Gasteiger partial charge on any atom is 0.458 e. The largest absolute Gasteiger partial charge is 0.491 e. The summed E-state index contributed by atoms with van der Waals surface area (Å²) >= 11 is 0. The molecule has 1 aliphatic heterocycles. The summed E-state index contributed by atoms with van der Waals surface area (Å²) < 4.78 is 93.5. The molecule has 0 radical (unpaired) electrons. The average molecular weight is 641 g/mol. The molecule has 1 aromatic heterocycles. The van der Waals surface area contributed by atoms with E-state index in [2.05, 4.69) is 15.6 Å². The van der Waals surface area contributed by atoms with Gasteiger partial charge in [0, 0.05) is 36.6 Å². The van der Waals surface area contributed by atoms with E-state index in [-0.39, 0.29) is 30.2 Å². The molecule has 0 saturated carbocycles. The first-order valence-corrected chi connectivity index (χ1v) is 14.1. The molecule has 3 aromatic rings. The molecule has 1 unspecified atom stereocenters. The molecular weight excluding hydrogens is 606 g/mol. The second-order valence-corrected chi connectivity index (χ2v) is 11.5. The van der Waals surface area contributed by atoms with Gasteiger partial charge in [0.2, 0.25) is 0 Å². The van der Waals surface area contributed by atoms with Gasteiger partial charge in [0.1, 0.15) is 29.6 Å². The molecular formula is C31H34F6N4O4. The Hall–Kier alpha value is -4.20. The van der Waals surface area contributed by atoms with Crippen LogP contribution in [0.25, 0.3) is 0 Å². The highest BCUT2D eigenvalue weighted by Crippen LogP contribution is 2.48. The number of amides is 1. The van der Waals surface area contributed by atoms with E-state index in [1.165, 1.54) is 29.3 Å². The van der Waals surface area contributed by atoms with Gasteiger partial charge in [-0.25, -0.2) is 14.2 Å². The lowest BCUT2D eigenvalue weighted by Crippen LogP contribution is -2.42. The van der Waals surface area contributed by atoms with Gasteiger partial charge in [0.25, 0.3) is 0 Å². The average Bonchev–Trinajstić information content (AvgIpc) is 3.43. The van der Waals surface area contributed by atoms with Gasteiger partial charge in [0.05, 0.1) is 11.6 Å². The summed E-state index contributed by atoms with van der Waals surface area (Å²) in [6.07, 6.45) is -5.57. The fourth-order valence-corrected chi connectivity index (χ4v) is 4.71. The zero-order valence-electron chi connectivity index (χ0n) is 24.8. The number of ether oxygens (including phenoxy) is 2. The number of aliphatic hydroxyl groups is 1. The first kappa shape index (κ1) is 33.7. The van der Waals surface area contributed by atoms with E-state index in [0.29, 0.717) is 25.5 Å². The number of hydrogen-bond donors (Lipinski definition) is 3. The summed E-state index contributed by atoms with van der Waals surface area (Å²) in [6, 6.07) is 10.7. The topological polar surface area (TPSA) is 96.0 Å². The quantitative estimate of drug-likeness (QED) is 0.157. The molecule has 0 spiro atoms. The lowest BCUT2D eigenvalue weighted by molar-refractivity contribution is -0.289. The van der Waals surface area contributed by atoms with E-state index < -0.39 is 53.2 Å². The minimum absolute atomic E-state index is 0.0250. The molecule has 0 bridgehead atoms. The Labute approximate surface area is 256 Å². The molecule has 2 atom stereocenters. The van der Waals surface area contributed by atoms with Crippen molar-refractivity contribution in [3.05, 3.63) is 83.3 Å². The van der Waals surface area contributed by atoms with Crippen LogP contribution in [0, 0.1) is 5.82 Å². The molecule has 0 aliphatic carbocycles. The van der Waals surface area contributed by atoms with Crippen molar-refractivity contribution in [1.82, 2.24) is 9.88 Å². The van der Waals surface area contributed by atoms with Crippen molar-refractivity contribution in [2.75, 3.05) is 23.8 Å². The van der Waals surface area contributed by atoms with Crippen LogP contribution in [-0.4, -0.2) is 52.1 Å². The maximum atomic E-state index is 14.6. The van der Waals surface area contributed by atoms with Gasteiger partial charge in [-0.2, -0.15) is 22.0 Å². The Morgan fingerprint density at radius 1 is 1.09 bits per heavy atom. The van der Waals surface area contributed by atoms with Gasteiger partial charge < -0.3 is 30.1 Å². The third kappa shape index (κ3) is 8.50. The molecule has 8 nitrogen and oxygen atoms in total. The SMILES string of the molecule is CC(C)(C)OC(=O)N1CCC[C@@H]1COc1cc(NC(O)c2cccnc2NCc2ccc(F)cc2)ccc1C(F)(F)C(F)(F)F. The summed E-state index contributed by atoms with van der Waals surface area (Å²) in [6.45, 7) is 5.22. The van der Waals surface area contributed by atoms with Gasteiger partial charge in [-0.1, -0.05) is 12.1 Å². The van der Waals surface area contributed by atoms with Crippen LogP contribution in [0.4, 0.5) is 42.6 Å². The Bertz CT molecular complexity index is 1460. The third-order valence-electron chi connectivity index (χ3n) is 6.92. The molecule has 1 fully saturated rings. The summed E-state index contributed by atoms with van der Waals surface area (Å²) in [5.74, 6) is -6.17. The second-order valence-electron chi connectivity index (χ2n) is 11.5. The number of likely N-dealkylation sites (tertiary alicyclic amines) is 1. The zero-order chi connectivity index (χ0) is 33.0. The zero-order valence-corrected chi connectivity index (χ0v) is 24.8. The van der Waals surface area contributed by atoms with E-state index in [0.717, 1.165) is 17.7 Å². The van der Waals surface area contributed by atoms with Gasteiger partial charge in [-0.05, 0) is 75.6 Å². The number of carbonyl (C=O) groups excluding carboxylic acids is 1.